The van der Waals surface area contributed by atoms with Crippen molar-refractivity contribution in [1.29, 1.82) is 0 Å². The van der Waals surface area contributed by atoms with E-state index in [4.69, 9.17) is 10.3 Å². The van der Waals surface area contributed by atoms with Gasteiger partial charge in [0.2, 0.25) is 0 Å². The molecule has 0 fully saturated rings. The average molecular weight is 350 g/mol. The second kappa shape index (κ2) is 7.52. The van der Waals surface area contributed by atoms with Crippen LogP contribution in [0, 0.1) is 0 Å². The van der Waals surface area contributed by atoms with Gasteiger partial charge in [0.05, 0.1) is 6.04 Å². The van der Waals surface area contributed by atoms with Gasteiger partial charge in [0.25, 0.3) is 5.91 Å². The number of nitrogens with one attached hydrogen (secondary N) is 2. The molecule has 0 saturated carbocycles. The van der Waals surface area contributed by atoms with Crippen molar-refractivity contribution < 1.29 is 14.1 Å². The molecule has 4 N–H and O–H groups in total. The first-order chi connectivity index (χ1) is 12.5. The molecule has 1 aromatic heterocycles. The lowest BCUT2D eigenvalue weighted by atomic mass is 10.1. The van der Waals surface area contributed by atoms with Crippen LogP contribution in [-0.2, 0) is 0 Å². The molecule has 132 valence electrons. The van der Waals surface area contributed by atoms with E-state index in [9.17, 15) is 9.59 Å². The predicted molar refractivity (Wildman–Crippen MR) is 97.5 cm³/mol. The number of nitrogens with zero attached hydrogens (tertiary/aromatic N) is 1. The fraction of sp³-hybridized carbons (Fsp3) is 0.105. The molecule has 0 aliphatic carbocycles. The minimum absolute atomic E-state index is 0.211. The number of amides is 3. The number of benzene rings is 2. The summed E-state index contributed by atoms with van der Waals surface area (Å²) < 4.78 is 5.25. The molecule has 1 atom stereocenters. The molecule has 2 aromatic carbocycles. The zero-order valence-electron chi connectivity index (χ0n) is 14.1. The van der Waals surface area contributed by atoms with Gasteiger partial charge in [-0.1, -0.05) is 47.6 Å². The first kappa shape index (κ1) is 17.2. The Morgan fingerprint density at radius 1 is 1.08 bits per heavy atom. The van der Waals surface area contributed by atoms with Crippen molar-refractivity contribution in [3.63, 3.8) is 0 Å². The highest BCUT2D eigenvalue weighted by Gasteiger charge is 2.16. The highest BCUT2D eigenvalue weighted by atomic mass is 16.5. The van der Waals surface area contributed by atoms with Gasteiger partial charge in [0, 0.05) is 17.3 Å². The van der Waals surface area contributed by atoms with Crippen LogP contribution in [0.3, 0.4) is 0 Å². The second-order valence-electron chi connectivity index (χ2n) is 5.75. The van der Waals surface area contributed by atoms with Crippen LogP contribution in [0.1, 0.15) is 29.0 Å². The maximum absolute atomic E-state index is 12.4. The number of hydrogen-bond donors (Lipinski definition) is 3. The molecule has 0 spiro atoms. The molecule has 0 bridgehead atoms. The molecule has 3 amide bonds. The standard InChI is InChI=1S/C19H18N4O3/c1-12(13-7-9-15(10-8-13)22-19(20)25)21-18(24)16-11-17(26-23-16)14-5-3-2-4-6-14/h2-12H,1H3,(H,21,24)(H3,20,22,25). The highest BCUT2D eigenvalue weighted by molar-refractivity contribution is 5.93. The van der Waals surface area contributed by atoms with Crippen molar-refractivity contribution in [3.8, 4) is 11.3 Å². The number of anilines is 1. The van der Waals surface area contributed by atoms with Crippen LogP contribution in [0.4, 0.5) is 10.5 Å². The number of aromatic nitrogens is 1. The van der Waals surface area contributed by atoms with E-state index in [1.54, 1.807) is 30.3 Å². The first-order valence-corrected chi connectivity index (χ1v) is 8.02. The lowest BCUT2D eigenvalue weighted by Crippen LogP contribution is -2.26. The van der Waals surface area contributed by atoms with Crippen molar-refractivity contribution in [1.82, 2.24) is 10.5 Å². The Hall–Kier alpha value is -3.61. The Morgan fingerprint density at radius 3 is 2.42 bits per heavy atom. The largest absolute Gasteiger partial charge is 0.355 e. The minimum Gasteiger partial charge on any atom is -0.355 e. The minimum atomic E-state index is -0.626. The Labute approximate surface area is 150 Å². The normalized spacial score (nSPS) is 11.6. The molecule has 3 rings (SSSR count). The molecule has 0 radical (unpaired) electrons. The SMILES string of the molecule is CC(NC(=O)c1cc(-c2ccccc2)on1)c1ccc(NC(N)=O)cc1. The van der Waals surface area contributed by atoms with Crippen molar-refractivity contribution in [3.05, 3.63) is 71.9 Å². The third kappa shape index (κ3) is 4.07. The molecule has 1 unspecified atom stereocenters. The summed E-state index contributed by atoms with van der Waals surface area (Å²) in [6.45, 7) is 1.85. The number of hydrogen-bond acceptors (Lipinski definition) is 4. The van der Waals surface area contributed by atoms with Crippen LogP contribution >= 0.6 is 0 Å². The quantitative estimate of drug-likeness (QED) is 0.655. The average Bonchev–Trinajstić information content (AvgIpc) is 3.13. The molecule has 7 nitrogen and oxygen atoms in total. The van der Waals surface area contributed by atoms with Gasteiger partial charge < -0.3 is 20.9 Å². The third-order valence-electron chi connectivity index (χ3n) is 3.83. The van der Waals surface area contributed by atoms with E-state index in [1.165, 1.54) is 0 Å². The van der Waals surface area contributed by atoms with E-state index in [-0.39, 0.29) is 17.6 Å². The van der Waals surface area contributed by atoms with E-state index in [0.29, 0.717) is 11.4 Å². The highest BCUT2D eigenvalue weighted by Crippen LogP contribution is 2.21. The van der Waals surface area contributed by atoms with Gasteiger partial charge in [0.15, 0.2) is 11.5 Å². The Kier molecular flexibility index (Phi) is 4.98. The van der Waals surface area contributed by atoms with Gasteiger partial charge in [-0.05, 0) is 24.6 Å². The number of primary amides is 1. The van der Waals surface area contributed by atoms with Gasteiger partial charge in [-0.2, -0.15) is 0 Å². The van der Waals surface area contributed by atoms with Crippen LogP contribution in [0.2, 0.25) is 0 Å². The van der Waals surface area contributed by atoms with E-state index in [0.717, 1.165) is 11.1 Å². The van der Waals surface area contributed by atoms with Gasteiger partial charge in [0.1, 0.15) is 0 Å². The monoisotopic (exact) mass is 350 g/mol. The molecule has 3 aromatic rings. The van der Waals surface area contributed by atoms with Crippen molar-refractivity contribution in [2.24, 2.45) is 5.73 Å². The topological polar surface area (TPSA) is 110 Å². The maximum Gasteiger partial charge on any atom is 0.316 e. The van der Waals surface area contributed by atoms with Crippen LogP contribution in [0.5, 0.6) is 0 Å². The molecule has 0 aliphatic rings. The fourth-order valence-corrected chi connectivity index (χ4v) is 2.47. The molecular weight excluding hydrogens is 332 g/mol. The number of rotatable bonds is 5. The number of urea groups is 1. The predicted octanol–water partition coefficient (Wildman–Crippen LogP) is 3.32. The summed E-state index contributed by atoms with van der Waals surface area (Å²) in [7, 11) is 0. The zero-order valence-corrected chi connectivity index (χ0v) is 14.1. The summed E-state index contributed by atoms with van der Waals surface area (Å²) in [6, 6.07) is 17.2. The van der Waals surface area contributed by atoms with E-state index < -0.39 is 6.03 Å². The van der Waals surface area contributed by atoms with Gasteiger partial charge in [-0.15, -0.1) is 0 Å². The van der Waals surface area contributed by atoms with Crippen molar-refractivity contribution in [2.75, 3.05) is 5.32 Å². The van der Waals surface area contributed by atoms with Gasteiger partial charge in [-0.25, -0.2) is 4.79 Å². The Bertz CT molecular complexity index is 904. The van der Waals surface area contributed by atoms with E-state index >= 15 is 0 Å². The molecular formula is C19H18N4O3. The van der Waals surface area contributed by atoms with Gasteiger partial charge in [-0.3, -0.25) is 4.79 Å². The lowest BCUT2D eigenvalue weighted by Gasteiger charge is -2.13. The summed E-state index contributed by atoms with van der Waals surface area (Å²) in [6.07, 6.45) is 0. The second-order valence-corrected chi connectivity index (χ2v) is 5.75. The smallest absolute Gasteiger partial charge is 0.316 e. The third-order valence-corrected chi connectivity index (χ3v) is 3.83. The summed E-state index contributed by atoms with van der Waals surface area (Å²) in [4.78, 5) is 23.2. The number of carbonyl (C=O) groups is 2. The summed E-state index contributed by atoms with van der Waals surface area (Å²) in [5.41, 5.74) is 7.60. The van der Waals surface area contributed by atoms with Gasteiger partial charge >= 0.3 is 6.03 Å². The van der Waals surface area contributed by atoms with Crippen LogP contribution < -0.4 is 16.4 Å². The molecule has 1 heterocycles. The molecule has 0 aliphatic heterocycles. The first-order valence-electron chi connectivity index (χ1n) is 8.02. The molecule has 26 heavy (non-hydrogen) atoms. The van der Waals surface area contributed by atoms with E-state index in [2.05, 4.69) is 15.8 Å². The zero-order chi connectivity index (χ0) is 18.5. The molecule has 0 saturated heterocycles. The summed E-state index contributed by atoms with van der Waals surface area (Å²) in [5, 5.41) is 9.19. The number of carbonyl (C=O) groups excluding carboxylic acids is 2. The number of nitrogens with two attached hydrogens (primary N) is 1. The lowest BCUT2D eigenvalue weighted by molar-refractivity contribution is 0.0931. The summed E-state index contributed by atoms with van der Waals surface area (Å²) >= 11 is 0. The fourth-order valence-electron chi connectivity index (χ4n) is 2.47. The van der Waals surface area contributed by atoms with Crippen LogP contribution in [0.15, 0.2) is 65.2 Å². The Morgan fingerprint density at radius 2 is 1.77 bits per heavy atom. The molecule has 7 heteroatoms. The summed E-state index contributed by atoms with van der Waals surface area (Å²) in [5.74, 6) is 0.202. The maximum atomic E-state index is 12.4. The van der Waals surface area contributed by atoms with Crippen molar-refractivity contribution >= 4 is 17.6 Å². The van der Waals surface area contributed by atoms with Crippen LogP contribution in [-0.4, -0.2) is 17.1 Å². The van der Waals surface area contributed by atoms with E-state index in [1.807, 2.05) is 37.3 Å². The van der Waals surface area contributed by atoms with Crippen molar-refractivity contribution in [2.45, 2.75) is 13.0 Å². The Balaban J connectivity index is 1.66. The van der Waals surface area contributed by atoms with Crippen LogP contribution in [0.25, 0.3) is 11.3 Å².